The molecule has 0 amide bonds. The zero-order valence-electron chi connectivity index (χ0n) is 11.7. The Kier molecular flexibility index (Phi) is 5.86. The summed E-state index contributed by atoms with van der Waals surface area (Å²) < 4.78 is 10.9. The van der Waals surface area contributed by atoms with Crippen LogP contribution in [0.15, 0.2) is 0 Å². The molecule has 4 nitrogen and oxygen atoms in total. The Balaban J connectivity index is 2.55. The van der Waals surface area contributed by atoms with E-state index in [-0.39, 0.29) is 11.6 Å². The van der Waals surface area contributed by atoms with Gasteiger partial charge in [-0.2, -0.15) is 0 Å². The molecular weight excluding hydrogens is 216 g/mol. The minimum Gasteiger partial charge on any atom is -0.381 e. The Morgan fingerprint density at radius 2 is 2.06 bits per heavy atom. The van der Waals surface area contributed by atoms with E-state index in [0.717, 1.165) is 38.5 Å². The molecule has 0 aliphatic carbocycles. The van der Waals surface area contributed by atoms with E-state index in [1.165, 1.54) is 0 Å². The predicted molar refractivity (Wildman–Crippen MR) is 70.1 cm³/mol. The average Bonchev–Trinajstić information content (AvgIpc) is 2.37. The Hall–Kier alpha value is -0.160. The van der Waals surface area contributed by atoms with Crippen molar-refractivity contribution in [2.45, 2.75) is 38.3 Å². The first-order valence-electron chi connectivity index (χ1n) is 6.56. The van der Waals surface area contributed by atoms with Crippen molar-refractivity contribution in [3.8, 4) is 0 Å². The van der Waals surface area contributed by atoms with Crippen LogP contribution in [0.4, 0.5) is 0 Å². The summed E-state index contributed by atoms with van der Waals surface area (Å²) in [5.41, 5.74) is 5.85. The number of nitrogens with zero attached hydrogens (tertiary/aromatic N) is 1. The third kappa shape index (κ3) is 3.65. The number of hydrogen-bond donors (Lipinski definition) is 1. The fraction of sp³-hybridized carbons (Fsp3) is 1.00. The number of hydrogen-bond acceptors (Lipinski definition) is 4. The van der Waals surface area contributed by atoms with Gasteiger partial charge in [-0.05, 0) is 39.7 Å². The number of rotatable bonds is 6. The molecule has 102 valence electrons. The van der Waals surface area contributed by atoms with Crippen LogP contribution in [0.5, 0.6) is 0 Å². The van der Waals surface area contributed by atoms with Gasteiger partial charge in [0.05, 0.1) is 11.6 Å². The lowest BCUT2D eigenvalue weighted by molar-refractivity contribution is -0.0338. The third-order valence-corrected chi connectivity index (χ3v) is 4.39. The molecule has 0 bridgehead atoms. The van der Waals surface area contributed by atoms with E-state index in [2.05, 4.69) is 25.8 Å². The van der Waals surface area contributed by atoms with E-state index in [1.807, 2.05) is 0 Å². The molecule has 0 radical (unpaired) electrons. The molecule has 0 aromatic heterocycles. The number of ether oxygens (including phenoxy) is 2. The van der Waals surface area contributed by atoms with Crippen molar-refractivity contribution in [2.24, 2.45) is 11.7 Å². The molecule has 1 rings (SSSR count). The molecule has 2 unspecified atom stereocenters. The van der Waals surface area contributed by atoms with E-state index >= 15 is 0 Å². The Morgan fingerprint density at radius 1 is 1.47 bits per heavy atom. The number of methoxy groups -OCH3 is 1. The highest BCUT2D eigenvalue weighted by molar-refractivity contribution is 4.92. The van der Waals surface area contributed by atoms with Gasteiger partial charge in [-0.15, -0.1) is 0 Å². The van der Waals surface area contributed by atoms with Gasteiger partial charge in [0.1, 0.15) is 0 Å². The quantitative estimate of drug-likeness (QED) is 0.760. The van der Waals surface area contributed by atoms with Gasteiger partial charge in [-0.25, -0.2) is 0 Å². The van der Waals surface area contributed by atoms with Crippen LogP contribution in [-0.4, -0.2) is 57.0 Å². The molecule has 0 aromatic carbocycles. The first-order chi connectivity index (χ1) is 8.04. The SMILES string of the molecule is COC(C)C(C)(CN)N(C)CC1CCOCC1. The molecule has 4 heteroatoms. The van der Waals surface area contributed by atoms with Crippen LogP contribution in [-0.2, 0) is 9.47 Å². The van der Waals surface area contributed by atoms with Crippen molar-refractivity contribution in [2.75, 3.05) is 40.5 Å². The van der Waals surface area contributed by atoms with E-state index in [4.69, 9.17) is 15.2 Å². The molecule has 0 spiro atoms. The van der Waals surface area contributed by atoms with Crippen molar-refractivity contribution in [3.05, 3.63) is 0 Å². The van der Waals surface area contributed by atoms with E-state index in [0.29, 0.717) is 6.54 Å². The summed E-state index contributed by atoms with van der Waals surface area (Å²) in [7, 11) is 3.90. The standard InChI is InChI=1S/C13H28N2O2/c1-11(16-4)13(2,10-14)15(3)9-12-5-7-17-8-6-12/h11-12H,5-10,14H2,1-4H3. The zero-order valence-corrected chi connectivity index (χ0v) is 11.7. The lowest BCUT2D eigenvalue weighted by Crippen LogP contribution is -2.58. The predicted octanol–water partition coefficient (Wildman–Crippen LogP) is 1.10. The van der Waals surface area contributed by atoms with Crippen molar-refractivity contribution < 1.29 is 9.47 Å². The van der Waals surface area contributed by atoms with Crippen LogP contribution >= 0.6 is 0 Å². The highest BCUT2D eigenvalue weighted by atomic mass is 16.5. The maximum absolute atomic E-state index is 5.94. The van der Waals surface area contributed by atoms with Crippen molar-refractivity contribution in [3.63, 3.8) is 0 Å². The van der Waals surface area contributed by atoms with Crippen molar-refractivity contribution >= 4 is 0 Å². The molecule has 2 N–H and O–H groups in total. The van der Waals surface area contributed by atoms with E-state index in [1.54, 1.807) is 7.11 Å². The molecule has 0 aromatic rings. The van der Waals surface area contributed by atoms with Crippen LogP contribution in [0, 0.1) is 5.92 Å². The summed E-state index contributed by atoms with van der Waals surface area (Å²) >= 11 is 0. The second-order valence-electron chi connectivity index (χ2n) is 5.38. The smallest absolute Gasteiger partial charge is 0.0736 e. The fourth-order valence-corrected chi connectivity index (χ4v) is 2.41. The zero-order chi connectivity index (χ0) is 12.9. The van der Waals surface area contributed by atoms with E-state index in [9.17, 15) is 0 Å². The minimum atomic E-state index is -0.0902. The Morgan fingerprint density at radius 3 is 2.53 bits per heavy atom. The van der Waals surface area contributed by atoms with E-state index < -0.39 is 0 Å². The summed E-state index contributed by atoms with van der Waals surface area (Å²) in [5.74, 6) is 0.726. The minimum absolute atomic E-state index is 0.0902. The first kappa shape index (κ1) is 14.9. The van der Waals surface area contributed by atoms with Crippen LogP contribution in [0.3, 0.4) is 0 Å². The maximum Gasteiger partial charge on any atom is 0.0736 e. The molecular formula is C13H28N2O2. The summed E-state index contributed by atoms with van der Waals surface area (Å²) in [6.45, 7) is 7.76. The molecule has 0 saturated carbocycles. The van der Waals surface area contributed by atoms with Crippen LogP contribution in [0.2, 0.25) is 0 Å². The molecule has 1 heterocycles. The average molecular weight is 244 g/mol. The summed E-state index contributed by atoms with van der Waals surface area (Å²) in [6, 6.07) is 0. The molecule has 1 aliphatic heterocycles. The van der Waals surface area contributed by atoms with Crippen molar-refractivity contribution in [1.29, 1.82) is 0 Å². The van der Waals surface area contributed by atoms with Gasteiger partial charge in [0.15, 0.2) is 0 Å². The van der Waals surface area contributed by atoms with Gasteiger partial charge >= 0.3 is 0 Å². The normalized spacial score (nSPS) is 23.6. The second kappa shape index (κ2) is 6.69. The van der Waals surface area contributed by atoms with Gasteiger partial charge in [0.25, 0.3) is 0 Å². The topological polar surface area (TPSA) is 47.7 Å². The number of nitrogens with two attached hydrogens (primary N) is 1. The lowest BCUT2D eigenvalue weighted by Gasteiger charge is -2.43. The highest BCUT2D eigenvalue weighted by Gasteiger charge is 2.35. The van der Waals surface area contributed by atoms with Gasteiger partial charge in [0.2, 0.25) is 0 Å². The molecule has 2 atom stereocenters. The second-order valence-corrected chi connectivity index (χ2v) is 5.38. The Bertz CT molecular complexity index is 219. The molecule has 17 heavy (non-hydrogen) atoms. The largest absolute Gasteiger partial charge is 0.381 e. The van der Waals surface area contributed by atoms with Crippen LogP contribution in [0.25, 0.3) is 0 Å². The summed E-state index contributed by atoms with van der Waals surface area (Å²) in [5, 5.41) is 0. The van der Waals surface area contributed by atoms with Gasteiger partial charge in [-0.1, -0.05) is 0 Å². The van der Waals surface area contributed by atoms with Gasteiger partial charge in [0, 0.05) is 33.4 Å². The first-order valence-corrected chi connectivity index (χ1v) is 6.56. The third-order valence-electron chi connectivity index (χ3n) is 4.39. The van der Waals surface area contributed by atoms with Crippen molar-refractivity contribution in [1.82, 2.24) is 4.90 Å². The van der Waals surface area contributed by atoms with Crippen LogP contribution in [0.1, 0.15) is 26.7 Å². The maximum atomic E-state index is 5.94. The highest BCUT2D eigenvalue weighted by Crippen LogP contribution is 2.23. The molecule has 1 saturated heterocycles. The molecule has 1 aliphatic rings. The summed E-state index contributed by atoms with van der Waals surface area (Å²) in [4.78, 5) is 2.36. The lowest BCUT2D eigenvalue weighted by atomic mass is 9.91. The van der Waals surface area contributed by atoms with Crippen LogP contribution < -0.4 is 5.73 Å². The Labute approximate surface area is 105 Å². The monoisotopic (exact) mass is 244 g/mol. The molecule has 1 fully saturated rings. The summed E-state index contributed by atoms with van der Waals surface area (Å²) in [6.07, 6.45) is 2.45. The number of likely N-dealkylation sites (N-methyl/N-ethyl adjacent to an activating group) is 1. The van der Waals surface area contributed by atoms with Gasteiger partial charge < -0.3 is 15.2 Å². The van der Waals surface area contributed by atoms with Gasteiger partial charge in [-0.3, -0.25) is 4.90 Å². The fourth-order valence-electron chi connectivity index (χ4n) is 2.41.